The Morgan fingerprint density at radius 3 is 2.62 bits per heavy atom. The standard InChI is InChI=1S/C7H8BrF2N3/c8-5-3(7(9)10)2-13-4(1-11)6(5)12/h2,7H,1,11-12H2. The highest BCUT2D eigenvalue weighted by atomic mass is 79.9. The van der Waals surface area contributed by atoms with Crippen LogP contribution in [0.5, 0.6) is 0 Å². The minimum absolute atomic E-state index is 0.133. The van der Waals surface area contributed by atoms with Gasteiger partial charge in [0, 0.05) is 12.7 Å². The van der Waals surface area contributed by atoms with Crippen LogP contribution in [0.1, 0.15) is 17.7 Å². The highest BCUT2D eigenvalue weighted by molar-refractivity contribution is 9.10. The van der Waals surface area contributed by atoms with Gasteiger partial charge in [0.2, 0.25) is 0 Å². The van der Waals surface area contributed by atoms with E-state index in [9.17, 15) is 8.78 Å². The van der Waals surface area contributed by atoms with Crippen LogP contribution in [0.4, 0.5) is 14.5 Å². The summed E-state index contributed by atoms with van der Waals surface area (Å²) in [6.07, 6.45) is -1.51. The number of halogens is 3. The molecule has 1 rings (SSSR count). The first-order valence-electron chi connectivity index (χ1n) is 3.49. The third-order valence-electron chi connectivity index (χ3n) is 1.59. The number of hydrogen-bond acceptors (Lipinski definition) is 3. The summed E-state index contributed by atoms with van der Waals surface area (Å²) >= 11 is 2.97. The summed E-state index contributed by atoms with van der Waals surface area (Å²) in [4.78, 5) is 3.72. The molecule has 6 heteroatoms. The molecule has 0 aromatic carbocycles. The topological polar surface area (TPSA) is 64.9 Å². The molecule has 1 aromatic heterocycles. The Hall–Kier alpha value is -0.750. The summed E-state index contributed by atoms with van der Waals surface area (Å²) in [5.74, 6) is 0. The van der Waals surface area contributed by atoms with Gasteiger partial charge in [-0.2, -0.15) is 0 Å². The van der Waals surface area contributed by atoms with Gasteiger partial charge in [-0.1, -0.05) is 0 Å². The zero-order valence-corrected chi connectivity index (χ0v) is 8.18. The average Bonchev–Trinajstić information content (AvgIpc) is 2.09. The summed E-state index contributed by atoms with van der Waals surface area (Å²) in [6.45, 7) is 0.133. The Kier molecular flexibility index (Phi) is 3.16. The third-order valence-corrected chi connectivity index (χ3v) is 2.47. The minimum atomic E-state index is -2.59. The Bertz CT molecular complexity index is 317. The maximum Gasteiger partial charge on any atom is 0.266 e. The van der Waals surface area contributed by atoms with Gasteiger partial charge < -0.3 is 11.5 Å². The number of hydrogen-bond donors (Lipinski definition) is 2. The largest absolute Gasteiger partial charge is 0.396 e. The SMILES string of the molecule is NCc1ncc(C(F)F)c(Br)c1N. The molecule has 0 fully saturated rings. The second-order valence-electron chi connectivity index (χ2n) is 2.39. The van der Waals surface area contributed by atoms with Crippen LogP contribution in [-0.2, 0) is 6.54 Å². The van der Waals surface area contributed by atoms with Crippen molar-refractivity contribution < 1.29 is 8.78 Å². The first kappa shape index (κ1) is 10.3. The van der Waals surface area contributed by atoms with E-state index in [1.54, 1.807) is 0 Å². The predicted molar refractivity (Wildman–Crippen MR) is 49.2 cm³/mol. The molecule has 0 amide bonds. The van der Waals surface area contributed by atoms with E-state index < -0.39 is 6.43 Å². The maximum absolute atomic E-state index is 12.3. The molecule has 72 valence electrons. The summed E-state index contributed by atoms with van der Waals surface area (Å²) in [6, 6.07) is 0. The van der Waals surface area contributed by atoms with Gasteiger partial charge in [0.25, 0.3) is 6.43 Å². The Labute approximate surface area is 82.3 Å². The number of nitrogens with two attached hydrogens (primary N) is 2. The number of alkyl halides is 2. The fourth-order valence-corrected chi connectivity index (χ4v) is 1.37. The van der Waals surface area contributed by atoms with E-state index in [1.807, 2.05) is 0 Å². The van der Waals surface area contributed by atoms with Gasteiger partial charge in [-0.25, -0.2) is 8.78 Å². The molecule has 0 bridgehead atoms. The van der Waals surface area contributed by atoms with E-state index in [2.05, 4.69) is 20.9 Å². The Morgan fingerprint density at radius 1 is 1.54 bits per heavy atom. The number of rotatable bonds is 2. The van der Waals surface area contributed by atoms with E-state index in [-0.39, 0.29) is 22.3 Å². The summed E-state index contributed by atoms with van der Waals surface area (Å²) < 4.78 is 24.8. The van der Waals surface area contributed by atoms with Gasteiger partial charge in [-0.15, -0.1) is 0 Å². The molecule has 1 aromatic rings. The molecule has 13 heavy (non-hydrogen) atoms. The highest BCUT2D eigenvalue weighted by Crippen LogP contribution is 2.32. The second-order valence-corrected chi connectivity index (χ2v) is 3.19. The van der Waals surface area contributed by atoms with E-state index in [4.69, 9.17) is 11.5 Å². The lowest BCUT2D eigenvalue weighted by molar-refractivity contribution is 0.150. The maximum atomic E-state index is 12.3. The van der Waals surface area contributed by atoms with Crippen LogP contribution in [0, 0.1) is 0 Å². The van der Waals surface area contributed by atoms with Crippen LogP contribution in [0.25, 0.3) is 0 Å². The molecule has 0 saturated heterocycles. The number of anilines is 1. The third kappa shape index (κ3) is 1.94. The number of pyridine rings is 1. The van der Waals surface area contributed by atoms with Crippen molar-refractivity contribution in [3.63, 3.8) is 0 Å². The minimum Gasteiger partial charge on any atom is -0.396 e. The molecule has 4 N–H and O–H groups in total. The lowest BCUT2D eigenvalue weighted by Crippen LogP contribution is -2.06. The van der Waals surface area contributed by atoms with Crippen LogP contribution in [0.3, 0.4) is 0 Å². The molecule has 0 spiro atoms. The average molecular weight is 252 g/mol. The molecule has 0 aliphatic heterocycles. The van der Waals surface area contributed by atoms with Gasteiger partial charge in [-0.05, 0) is 15.9 Å². The molecule has 0 radical (unpaired) electrons. The van der Waals surface area contributed by atoms with Gasteiger partial charge in [0.05, 0.1) is 21.4 Å². The molecule has 3 nitrogen and oxygen atoms in total. The quantitative estimate of drug-likeness (QED) is 0.843. The van der Waals surface area contributed by atoms with Gasteiger partial charge in [0.15, 0.2) is 0 Å². The smallest absolute Gasteiger partial charge is 0.266 e. The number of nitrogen functional groups attached to an aromatic ring is 1. The lowest BCUT2D eigenvalue weighted by atomic mass is 10.2. The van der Waals surface area contributed by atoms with Crippen molar-refractivity contribution in [2.24, 2.45) is 5.73 Å². The lowest BCUT2D eigenvalue weighted by Gasteiger charge is -2.08. The van der Waals surface area contributed by atoms with Crippen LogP contribution < -0.4 is 11.5 Å². The van der Waals surface area contributed by atoms with Gasteiger partial charge >= 0.3 is 0 Å². The second kappa shape index (κ2) is 3.97. The Balaban J connectivity index is 3.23. The highest BCUT2D eigenvalue weighted by Gasteiger charge is 2.16. The Morgan fingerprint density at radius 2 is 2.15 bits per heavy atom. The van der Waals surface area contributed by atoms with Crippen molar-refractivity contribution in [1.82, 2.24) is 4.98 Å². The number of aromatic nitrogens is 1. The van der Waals surface area contributed by atoms with E-state index in [1.165, 1.54) is 0 Å². The summed E-state index contributed by atoms with van der Waals surface area (Å²) in [7, 11) is 0. The normalized spacial score (nSPS) is 10.8. The van der Waals surface area contributed by atoms with Crippen molar-refractivity contribution in [3.05, 3.63) is 21.9 Å². The number of nitrogens with zero attached hydrogens (tertiary/aromatic N) is 1. The van der Waals surface area contributed by atoms with Crippen molar-refractivity contribution in [1.29, 1.82) is 0 Å². The van der Waals surface area contributed by atoms with E-state index >= 15 is 0 Å². The molecular formula is C7H8BrF2N3. The van der Waals surface area contributed by atoms with Crippen molar-refractivity contribution in [3.8, 4) is 0 Å². The first-order chi connectivity index (χ1) is 6.07. The van der Waals surface area contributed by atoms with Crippen LogP contribution in [-0.4, -0.2) is 4.98 Å². The monoisotopic (exact) mass is 251 g/mol. The predicted octanol–water partition coefficient (Wildman–Crippen LogP) is 1.82. The van der Waals surface area contributed by atoms with Crippen LogP contribution in [0.15, 0.2) is 10.7 Å². The van der Waals surface area contributed by atoms with Crippen molar-refractivity contribution >= 4 is 21.6 Å². The van der Waals surface area contributed by atoms with Crippen molar-refractivity contribution in [2.45, 2.75) is 13.0 Å². The molecule has 0 atom stereocenters. The van der Waals surface area contributed by atoms with Gasteiger partial charge in [-0.3, -0.25) is 4.98 Å². The molecule has 1 heterocycles. The van der Waals surface area contributed by atoms with E-state index in [0.717, 1.165) is 6.20 Å². The van der Waals surface area contributed by atoms with Crippen LogP contribution in [0.2, 0.25) is 0 Å². The fraction of sp³-hybridized carbons (Fsp3) is 0.286. The summed E-state index contributed by atoms with van der Waals surface area (Å²) in [5, 5.41) is 0. The summed E-state index contributed by atoms with van der Waals surface area (Å²) in [5.41, 5.74) is 11.2. The zero-order chi connectivity index (χ0) is 10.0. The molecule has 0 aliphatic rings. The van der Waals surface area contributed by atoms with Crippen molar-refractivity contribution in [2.75, 3.05) is 5.73 Å². The zero-order valence-electron chi connectivity index (χ0n) is 6.60. The van der Waals surface area contributed by atoms with E-state index in [0.29, 0.717) is 5.69 Å². The first-order valence-corrected chi connectivity index (χ1v) is 4.28. The molecular weight excluding hydrogens is 244 g/mol. The fourth-order valence-electron chi connectivity index (χ4n) is 0.871. The molecule has 0 aliphatic carbocycles. The molecule has 0 unspecified atom stereocenters. The van der Waals surface area contributed by atoms with Gasteiger partial charge in [0.1, 0.15) is 0 Å². The van der Waals surface area contributed by atoms with Crippen LogP contribution >= 0.6 is 15.9 Å². The molecule has 0 saturated carbocycles.